The van der Waals surface area contributed by atoms with Crippen LogP contribution in [0.2, 0.25) is 0 Å². The number of thiophene rings is 2. The van der Waals surface area contributed by atoms with Crippen molar-refractivity contribution < 1.29 is 4.42 Å². The van der Waals surface area contributed by atoms with Crippen molar-refractivity contribution in [1.82, 2.24) is 9.13 Å². The SMILES string of the molecule is [C-]#[N+]c1c(-c2ccccc2)c(C#N)c(-n2c3c(-c4ccccc4-c4ccccc4)cccc3c3ccc4c5ccccc5oc4c32)c(-c2ccccc2)c1-n1c2c(ccc3c4ccccc4sc32)c2ccc3c4ccccc4sc3c21. The zero-order valence-electron chi connectivity index (χ0n) is 43.1. The fourth-order valence-electron chi connectivity index (χ4n) is 13.3. The highest BCUT2D eigenvalue weighted by atomic mass is 32.1. The topological polar surface area (TPSA) is 51.1 Å². The first kappa shape index (κ1) is 45.5. The van der Waals surface area contributed by atoms with Crippen molar-refractivity contribution in [2.45, 2.75) is 0 Å². The zero-order valence-corrected chi connectivity index (χ0v) is 44.7. The van der Waals surface area contributed by atoms with Crippen LogP contribution < -0.4 is 0 Å². The van der Waals surface area contributed by atoms with Gasteiger partial charge in [-0.25, -0.2) is 4.85 Å². The zero-order chi connectivity index (χ0) is 53.4. The summed E-state index contributed by atoms with van der Waals surface area (Å²) >= 11 is 3.58. The van der Waals surface area contributed by atoms with Crippen molar-refractivity contribution in [2.75, 3.05) is 0 Å². The number of rotatable bonds is 6. The molecule has 0 aliphatic rings. The highest BCUT2D eigenvalue weighted by molar-refractivity contribution is 7.27. The first-order valence-corrected chi connectivity index (χ1v) is 28.6. The predicted molar refractivity (Wildman–Crippen MR) is 341 cm³/mol. The van der Waals surface area contributed by atoms with Gasteiger partial charge in [-0.3, -0.25) is 0 Å². The van der Waals surface area contributed by atoms with Crippen molar-refractivity contribution >= 4 is 134 Å². The first-order chi connectivity index (χ1) is 40.2. The van der Waals surface area contributed by atoms with Gasteiger partial charge in [0.1, 0.15) is 11.7 Å². The van der Waals surface area contributed by atoms with Crippen LogP contribution in [-0.4, -0.2) is 9.13 Å². The molecule has 17 aromatic rings. The molecule has 0 N–H and O–H groups in total. The Hall–Kier alpha value is -10.5. The molecule has 5 nitrogen and oxygen atoms in total. The summed E-state index contributed by atoms with van der Waals surface area (Å²) in [5, 5.41) is 23.3. The Morgan fingerprint density at radius 2 is 0.827 bits per heavy atom. The summed E-state index contributed by atoms with van der Waals surface area (Å²) in [6.07, 6.45) is 0. The number of hydrogen-bond acceptors (Lipinski definition) is 4. The summed E-state index contributed by atoms with van der Waals surface area (Å²) < 4.78 is 16.6. The van der Waals surface area contributed by atoms with Gasteiger partial charge < -0.3 is 13.6 Å². The molecule has 0 spiro atoms. The number of para-hydroxylation sites is 2. The van der Waals surface area contributed by atoms with E-state index >= 15 is 0 Å². The summed E-state index contributed by atoms with van der Waals surface area (Å²) in [4.78, 5) is 4.75. The van der Waals surface area contributed by atoms with Crippen LogP contribution in [0.5, 0.6) is 0 Å². The van der Waals surface area contributed by atoms with E-state index in [0.717, 1.165) is 119 Å². The van der Waals surface area contributed by atoms with Crippen molar-refractivity contribution in [1.29, 1.82) is 5.26 Å². The van der Waals surface area contributed by atoms with Crippen molar-refractivity contribution in [3.63, 3.8) is 0 Å². The minimum Gasteiger partial charge on any atom is -0.454 e. The average Bonchev–Trinajstić information content (AvgIpc) is 4.46. The molecule has 0 saturated carbocycles. The molecule has 0 saturated heterocycles. The highest BCUT2D eigenvalue weighted by Crippen LogP contribution is 2.56. The van der Waals surface area contributed by atoms with E-state index in [0.29, 0.717) is 33.8 Å². The lowest BCUT2D eigenvalue weighted by molar-refractivity contribution is 0.671. The molecule has 81 heavy (non-hydrogen) atoms. The third-order valence-corrected chi connectivity index (χ3v) is 19.0. The molecule has 0 amide bonds. The van der Waals surface area contributed by atoms with Crippen LogP contribution in [0, 0.1) is 17.9 Å². The van der Waals surface area contributed by atoms with Crippen molar-refractivity contribution in [2.24, 2.45) is 0 Å². The molecule has 0 aliphatic heterocycles. The van der Waals surface area contributed by atoms with E-state index in [9.17, 15) is 11.8 Å². The van der Waals surface area contributed by atoms with Crippen LogP contribution in [0.25, 0.3) is 167 Å². The van der Waals surface area contributed by atoms with Gasteiger partial charge in [0, 0.05) is 80.0 Å². The molecule has 12 aromatic carbocycles. The Bertz CT molecular complexity index is 5480. The molecule has 0 bridgehead atoms. The van der Waals surface area contributed by atoms with E-state index in [-0.39, 0.29) is 0 Å². The second-order valence-corrected chi connectivity index (χ2v) is 22.8. The maximum atomic E-state index is 12.5. The third kappa shape index (κ3) is 6.39. The molecule has 374 valence electrons. The normalized spacial score (nSPS) is 11.9. The number of aromatic nitrogens is 2. The summed E-state index contributed by atoms with van der Waals surface area (Å²) in [7, 11) is 0. The minimum atomic E-state index is 0.382. The van der Waals surface area contributed by atoms with E-state index in [2.05, 4.69) is 209 Å². The smallest absolute Gasteiger partial charge is 0.220 e. The van der Waals surface area contributed by atoms with E-state index in [4.69, 9.17) is 9.26 Å². The second-order valence-electron chi connectivity index (χ2n) is 20.7. The van der Waals surface area contributed by atoms with Gasteiger partial charge in [0.25, 0.3) is 0 Å². The number of hydrogen-bond donors (Lipinski definition) is 0. The lowest BCUT2D eigenvalue weighted by Gasteiger charge is -2.26. The predicted octanol–water partition coefficient (Wildman–Crippen LogP) is 21.6. The van der Waals surface area contributed by atoms with Gasteiger partial charge in [0.2, 0.25) is 5.69 Å². The second kappa shape index (κ2) is 17.5. The van der Waals surface area contributed by atoms with E-state index in [1.807, 2.05) is 48.5 Å². The van der Waals surface area contributed by atoms with Crippen LogP contribution in [0.15, 0.2) is 247 Å². The van der Waals surface area contributed by atoms with Crippen molar-refractivity contribution in [3.8, 4) is 62.0 Å². The largest absolute Gasteiger partial charge is 0.454 e. The molecular formula is C74H40N4OS2. The molecule has 0 atom stereocenters. The standard InChI is InChI=1S/C74H40N4OS2/c1-76-65-63(44-22-7-3-8-23-44)59(42-75)67(77-66-51(47-27-12-11-26-46(47)43-20-5-2-6-21-43)31-19-32-52(66)53-36-39-56-48-28-13-16-33-60(48)79-72(56)68(53)77)64(45-24-9-4-10-25-45)71(65)78-69-54(37-40-57-49-29-14-17-34-61(49)80-73(57)69)55-38-41-58-50-30-15-18-35-62(50)81-74(58)70(55)78/h2-41H. The van der Waals surface area contributed by atoms with Gasteiger partial charge in [-0.05, 0) is 52.1 Å². The van der Waals surface area contributed by atoms with Crippen LogP contribution >= 0.6 is 22.7 Å². The van der Waals surface area contributed by atoms with Crippen molar-refractivity contribution in [3.05, 3.63) is 260 Å². The Kier molecular flexibility index (Phi) is 9.82. The van der Waals surface area contributed by atoms with Gasteiger partial charge in [0.05, 0.1) is 55.0 Å². The lowest BCUT2D eigenvalue weighted by Crippen LogP contribution is -2.09. The fraction of sp³-hybridized carbons (Fsp3) is 0. The quantitative estimate of drug-likeness (QED) is 0.156. The highest BCUT2D eigenvalue weighted by Gasteiger charge is 2.34. The number of furan rings is 1. The minimum absolute atomic E-state index is 0.382. The summed E-state index contributed by atoms with van der Waals surface area (Å²) in [6, 6.07) is 88.4. The molecular weight excluding hydrogens is 1020 g/mol. The van der Waals surface area contributed by atoms with Crippen LogP contribution in [0.4, 0.5) is 5.69 Å². The van der Waals surface area contributed by atoms with Gasteiger partial charge in [0.15, 0.2) is 5.58 Å². The molecule has 5 aromatic heterocycles. The van der Waals surface area contributed by atoms with Crippen LogP contribution in [0.3, 0.4) is 0 Å². The summed E-state index contributed by atoms with van der Waals surface area (Å²) in [5.41, 5.74) is 14.6. The average molecular weight is 1070 g/mol. The molecule has 0 fully saturated rings. The maximum absolute atomic E-state index is 12.5. The molecule has 7 heteroatoms. The molecule has 0 aliphatic carbocycles. The first-order valence-electron chi connectivity index (χ1n) is 27.0. The molecule has 5 heterocycles. The summed E-state index contributed by atoms with van der Waals surface area (Å²) in [5.74, 6) is 0. The van der Waals surface area contributed by atoms with Gasteiger partial charge in [-0.15, -0.1) is 22.7 Å². The number of nitrogens with zero attached hydrogens (tertiary/aromatic N) is 4. The van der Waals surface area contributed by atoms with Gasteiger partial charge >= 0.3 is 0 Å². The monoisotopic (exact) mass is 1060 g/mol. The Morgan fingerprint density at radius 1 is 0.370 bits per heavy atom. The van der Waals surface area contributed by atoms with Gasteiger partial charge in [-0.2, -0.15) is 5.26 Å². The van der Waals surface area contributed by atoms with E-state index < -0.39 is 0 Å². The third-order valence-electron chi connectivity index (χ3n) is 16.6. The lowest BCUT2D eigenvalue weighted by atomic mass is 9.88. The number of nitriles is 1. The molecule has 0 radical (unpaired) electrons. The Morgan fingerprint density at radius 3 is 1.44 bits per heavy atom. The Balaban J connectivity index is 1.18. The Labute approximate surface area is 471 Å². The molecule has 0 unspecified atom stereocenters. The van der Waals surface area contributed by atoms with E-state index in [1.54, 1.807) is 22.7 Å². The van der Waals surface area contributed by atoms with Crippen LogP contribution in [-0.2, 0) is 0 Å². The fourth-order valence-corrected chi connectivity index (χ4v) is 15.7. The van der Waals surface area contributed by atoms with Crippen LogP contribution in [0.1, 0.15) is 5.56 Å². The maximum Gasteiger partial charge on any atom is 0.220 e. The van der Waals surface area contributed by atoms with Gasteiger partial charge in [-0.1, -0.05) is 218 Å². The van der Waals surface area contributed by atoms with E-state index in [1.165, 1.54) is 20.2 Å². The number of benzene rings is 12. The molecule has 17 rings (SSSR count). The number of fused-ring (bicyclic) bond motifs is 18. The summed E-state index contributed by atoms with van der Waals surface area (Å²) in [6.45, 7) is 9.74.